The van der Waals surface area contributed by atoms with E-state index in [4.69, 9.17) is 5.73 Å². The maximum absolute atomic E-state index is 7.27. The van der Waals surface area contributed by atoms with Gasteiger partial charge in [0.1, 0.15) is 0 Å². The minimum Gasteiger partial charge on any atom is -0.675 e. The van der Waals surface area contributed by atoms with Gasteiger partial charge in [-0.3, -0.25) is 6.08 Å². The number of allylic oxidation sites excluding steroid dienone is 4. The molecule has 0 spiro atoms. The first-order valence-corrected chi connectivity index (χ1v) is 6.09. The van der Waals surface area contributed by atoms with Gasteiger partial charge in [-0.15, -0.1) is 37.8 Å². The first-order chi connectivity index (χ1) is 7.09. The van der Waals surface area contributed by atoms with E-state index in [2.05, 4.69) is 32.9 Å². The third kappa shape index (κ3) is 9.64. The van der Waals surface area contributed by atoms with Crippen LogP contribution in [0.5, 0.6) is 0 Å². The predicted molar refractivity (Wildman–Crippen MR) is 81.0 cm³/mol. The van der Waals surface area contributed by atoms with Crippen LogP contribution in [0.15, 0.2) is 17.2 Å². The van der Waals surface area contributed by atoms with Crippen LogP contribution in [0.25, 0.3) is 5.73 Å². The molecule has 1 N–H and O–H groups in total. The van der Waals surface area contributed by atoms with Crippen molar-refractivity contribution >= 4 is 24.8 Å². The number of nitrogens with one attached hydrogen (secondary N) is 1. The third-order valence-corrected chi connectivity index (χ3v) is 3.14. The summed E-state index contributed by atoms with van der Waals surface area (Å²) in [7, 11) is 0. The maximum atomic E-state index is 7.27. The summed E-state index contributed by atoms with van der Waals surface area (Å²) >= 11 is 0. The van der Waals surface area contributed by atoms with Gasteiger partial charge in [-0.1, -0.05) is 51.9 Å². The smallest absolute Gasteiger partial charge is 0.675 e. The summed E-state index contributed by atoms with van der Waals surface area (Å²) < 4.78 is 0. The molecule has 0 amide bonds. The van der Waals surface area contributed by atoms with E-state index in [0.29, 0.717) is 5.92 Å². The Hall–Kier alpha value is 0.734. The summed E-state index contributed by atoms with van der Waals surface area (Å²) in [5.41, 5.74) is 9.98. The zero-order valence-electron chi connectivity index (χ0n) is 11.6. The maximum Gasteiger partial charge on any atom is 2.00 e. The quantitative estimate of drug-likeness (QED) is 0.412. The molecule has 2 aliphatic rings. The van der Waals surface area contributed by atoms with Crippen molar-refractivity contribution in [3.63, 3.8) is 0 Å². The molecule has 0 aromatic carbocycles. The molecule has 2 aliphatic carbocycles. The molecule has 18 heavy (non-hydrogen) atoms. The Kier molecular flexibility index (Phi) is 16.9. The summed E-state index contributed by atoms with van der Waals surface area (Å²) in [5.74, 6) is 0.551. The minimum absolute atomic E-state index is 0. The van der Waals surface area contributed by atoms with Crippen molar-refractivity contribution in [2.75, 3.05) is 0 Å². The fourth-order valence-electron chi connectivity index (χ4n) is 2.10. The first kappa shape index (κ1) is 23.8. The fourth-order valence-corrected chi connectivity index (χ4v) is 2.10. The Morgan fingerprint density at radius 2 is 1.61 bits per heavy atom. The molecule has 0 aromatic rings. The van der Waals surface area contributed by atoms with E-state index < -0.39 is 0 Å². The van der Waals surface area contributed by atoms with E-state index in [0.717, 1.165) is 12.8 Å². The van der Waals surface area contributed by atoms with Crippen LogP contribution in [-0.2, 0) is 21.7 Å². The van der Waals surface area contributed by atoms with E-state index >= 15 is 0 Å². The van der Waals surface area contributed by atoms with Crippen LogP contribution in [0.2, 0.25) is 0 Å². The molecular formula is C14H25Cl2NTi. The molecule has 2 rings (SSSR count). The minimum atomic E-state index is 0. The van der Waals surface area contributed by atoms with E-state index in [9.17, 15) is 0 Å². The van der Waals surface area contributed by atoms with Crippen molar-refractivity contribution in [3.05, 3.63) is 29.0 Å². The summed E-state index contributed by atoms with van der Waals surface area (Å²) in [5, 5.41) is 0. The molecule has 1 nitrogen and oxygen atoms in total. The average molecular weight is 326 g/mol. The summed E-state index contributed by atoms with van der Waals surface area (Å²) in [6.07, 6.45) is 11.8. The standard InChI is InChI=1S/C8H11.C6H12N.2ClH.Ti/c1-6-4-7(2)8(3)5-6;7-6-4-2-1-3-5-6;;;/h4,6H,1-3H3;6-7H,1-5H2;2*1H;/q2*-1;;;+2. The van der Waals surface area contributed by atoms with Crippen LogP contribution in [0.1, 0.15) is 52.9 Å². The Bertz CT molecular complexity index is 241. The van der Waals surface area contributed by atoms with Gasteiger partial charge in [-0.25, -0.2) is 11.1 Å². The summed E-state index contributed by atoms with van der Waals surface area (Å²) in [4.78, 5) is 0. The molecule has 0 bridgehead atoms. The second-order valence-electron chi connectivity index (χ2n) is 4.74. The molecule has 0 radical (unpaired) electrons. The zero-order valence-corrected chi connectivity index (χ0v) is 14.8. The molecule has 0 saturated heterocycles. The molecule has 1 unspecified atom stereocenters. The third-order valence-electron chi connectivity index (χ3n) is 3.14. The van der Waals surface area contributed by atoms with Gasteiger partial charge in [-0.2, -0.15) is 6.08 Å². The van der Waals surface area contributed by atoms with Crippen LogP contribution in [-0.4, -0.2) is 6.04 Å². The fraction of sp³-hybridized carbons (Fsp3) is 0.714. The Morgan fingerprint density at radius 1 is 1.11 bits per heavy atom. The van der Waals surface area contributed by atoms with Gasteiger partial charge in [-0.05, 0) is 0 Å². The van der Waals surface area contributed by atoms with Crippen LogP contribution >= 0.6 is 24.8 Å². The first-order valence-electron chi connectivity index (χ1n) is 6.09. The second kappa shape index (κ2) is 12.8. The molecule has 1 fully saturated rings. The normalized spacial score (nSPS) is 22.1. The predicted octanol–water partition coefficient (Wildman–Crippen LogP) is 5.54. The molecule has 1 saturated carbocycles. The van der Waals surface area contributed by atoms with Crippen LogP contribution in [0, 0.1) is 12.0 Å². The average Bonchev–Trinajstić information content (AvgIpc) is 2.46. The van der Waals surface area contributed by atoms with Crippen molar-refractivity contribution in [1.82, 2.24) is 0 Å². The Morgan fingerprint density at radius 3 is 1.78 bits per heavy atom. The van der Waals surface area contributed by atoms with Gasteiger partial charge in [0, 0.05) is 0 Å². The van der Waals surface area contributed by atoms with Crippen LogP contribution in [0.4, 0.5) is 0 Å². The molecule has 0 heterocycles. The largest absolute Gasteiger partial charge is 2.00 e. The van der Waals surface area contributed by atoms with Gasteiger partial charge in [0.05, 0.1) is 0 Å². The van der Waals surface area contributed by atoms with Gasteiger partial charge in [0.25, 0.3) is 0 Å². The van der Waals surface area contributed by atoms with Crippen molar-refractivity contribution in [2.45, 2.75) is 58.9 Å². The van der Waals surface area contributed by atoms with Gasteiger partial charge in [0.2, 0.25) is 0 Å². The summed E-state index contributed by atoms with van der Waals surface area (Å²) in [6, 6.07) is 0.286. The molecular weight excluding hydrogens is 301 g/mol. The van der Waals surface area contributed by atoms with E-state index in [-0.39, 0.29) is 52.6 Å². The van der Waals surface area contributed by atoms with Crippen molar-refractivity contribution in [3.8, 4) is 0 Å². The van der Waals surface area contributed by atoms with E-state index in [1.54, 1.807) is 0 Å². The monoisotopic (exact) mass is 325 g/mol. The van der Waals surface area contributed by atoms with E-state index in [1.165, 1.54) is 30.4 Å². The van der Waals surface area contributed by atoms with Gasteiger partial charge < -0.3 is 5.73 Å². The topological polar surface area (TPSA) is 23.8 Å². The number of hydrogen-bond donors (Lipinski definition) is 0. The zero-order chi connectivity index (χ0) is 11.3. The van der Waals surface area contributed by atoms with Crippen molar-refractivity contribution in [1.29, 1.82) is 0 Å². The summed E-state index contributed by atoms with van der Waals surface area (Å²) in [6.45, 7) is 6.39. The van der Waals surface area contributed by atoms with Crippen molar-refractivity contribution < 1.29 is 21.7 Å². The number of hydrogen-bond acceptors (Lipinski definition) is 0. The molecule has 0 aromatic heterocycles. The SMILES string of the molecule is CC1=[C-]C(C)C=C1C.Cl.Cl.[NH-]C1CCCCC1.[Ti+2]. The van der Waals surface area contributed by atoms with Gasteiger partial charge >= 0.3 is 21.7 Å². The van der Waals surface area contributed by atoms with Crippen LogP contribution < -0.4 is 0 Å². The molecule has 0 aliphatic heterocycles. The van der Waals surface area contributed by atoms with Gasteiger partial charge in [0.15, 0.2) is 0 Å². The van der Waals surface area contributed by atoms with Crippen LogP contribution in [0.3, 0.4) is 0 Å². The number of rotatable bonds is 0. The molecule has 1 atom stereocenters. The van der Waals surface area contributed by atoms with Crippen molar-refractivity contribution in [2.24, 2.45) is 5.92 Å². The second-order valence-corrected chi connectivity index (χ2v) is 4.74. The molecule has 104 valence electrons. The molecule has 4 heteroatoms. The number of halogens is 2. The van der Waals surface area contributed by atoms with E-state index in [1.807, 2.05) is 0 Å². The Labute approximate surface area is 140 Å². The Balaban J connectivity index is -0.000000215.